The van der Waals surface area contributed by atoms with Crippen LogP contribution in [-0.4, -0.2) is 30.5 Å². The molecule has 0 fully saturated rings. The highest BCUT2D eigenvalue weighted by Gasteiger charge is 2.15. The van der Waals surface area contributed by atoms with Gasteiger partial charge < -0.3 is 14.6 Å². The summed E-state index contributed by atoms with van der Waals surface area (Å²) in [6, 6.07) is 7.86. The first kappa shape index (κ1) is 15.0. The van der Waals surface area contributed by atoms with E-state index < -0.39 is 0 Å². The summed E-state index contributed by atoms with van der Waals surface area (Å²) >= 11 is 0. The first-order chi connectivity index (χ1) is 8.43. The minimum absolute atomic E-state index is 0.147. The molecule has 0 aliphatic carbocycles. The lowest BCUT2D eigenvalue weighted by molar-refractivity contribution is 0.00545. The Morgan fingerprint density at radius 2 is 1.83 bits per heavy atom. The van der Waals surface area contributed by atoms with Gasteiger partial charge in [-0.1, -0.05) is 12.1 Å². The standard InChI is InChI=1S/C15H24O3/c1-12(16)11-13-5-7-14(8-6-13)18-10-9-15(2,3)17-4/h5-8,12,16H,9-11H2,1-4H3. The van der Waals surface area contributed by atoms with E-state index in [1.165, 1.54) is 0 Å². The zero-order valence-corrected chi connectivity index (χ0v) is 11.8. The Bertz CT molecular complexity index is 341. The van der Waals surface area contributed by atoms with Crippen molar-refractivity contribution in [3.8, 4) is 5.75 Å². The van der Waals surface area contributed by atoms with Gasteiger partial charge in [0.15, 0.2) is 0 Å². The molecule has 18 heavy (non-hydrogen) atoms. The van der Waals surface area contributed by atoms with Gasteiger partial charge in [-0.2, -0.15) is 0 Å². The van der Waals surface area contributed by atoms with Crippen molar-refractivity contribution >= 4 is 0 Å². The van der Waals surface area contributed by atoms with Crippen LogP contribution in [0.2, 0.25) is 0 Å². The molecule has 1 N–H and O–H groups in total. The SMILES string of the molecule is COC(C)(C)CCOc1ccc(CC(C)O)cc1. The molecule has 102 valence electrons. The Balaban J connectivity index is 2.40. The lowest BCUT2D eigenvalue weighted by Crippen LogP contribution is -2.25. The summed E-state index contributed by atoms with van der Waals surface area (Å²) in [6.45, 7) is 6.51. The summed E-state index contributed by atoms with van der Waals surface area (Å²) in [5, 5.41) is 9.29. The molecule has 1 atom stereocenters. The zero-order chi connectivity index (χ0) is 13.6. The average Bonchev–Trinajstić information content (AvgIpc) is 2.30. The molecular weight excluding hydrogens is 228 g/mol. The zero-order valence-electron chi connectivity index (χ0n) is 11.8. The smallest absolute Gasteiger partial charge is 0.119 e. The number of hydrogen-bond donors (Lipinski definition) is 1. The summed E-state index contributed by atoms with van der Waals surface area (Å²) < 4.78 is 11.0. The third-order valence-electron chi connectivity index (χ3n) is 2.98. The van der Waals surface area contributed by atoms with Gasteiger partial charge in [-0.3, -0.25) is 0 Å². The van der Waals surface area contributed by atoms with Crippen molar-refractivity contribution in [2.24, 2.45) is 0 Å². The van der Waals surface area contributed by atoms with Crippen LogP contribution in [-0.2, 0) is 11.2 Å². The van der Waals surface area contributed by atoms with Crippen LogP contribution in [0, 0.1) is 0 Å². The molecule has 0 bridgehead atoms. The number of methoxy groups -OCH3 is 1. The summed E-state index contributed by atoms with van der Waals surface area (Å²) in [5.41, 5.74) is 0.973. The molecule has 1 aromatic rings. The van der Waals surface area contributed by atoms with E-state index >= 15 is 0 Å². The monoisotopic (exact) mass is 252 g/mol. The Labute approximate surface area is 110 Å². The number of benzene rings is 1. The van der Waals surface area contributed by atoms with Gasteiger partial charge in [-0.25, -0.2) is 0 Å². The number of aliphatic hydroxyl groups excluding tert-OH is 1. The predicted octanol–water partition coefficient (Wildman–Crippen LogP) is 2.80. The lowest BCUT2D eigenvalue weighted by atomic mass is 10.1. The van der Waals surface area contributed by atoms with Crippen molar-refractivity contribution in [1.29, 1.82) is 0 Å². The van der Waals surface area contributed by atoms with Crippen LogP contribution in [0.3, 0.4) is 0 Å². The van der Waals surface area contributed by atoms with Gasteiger partial charge in [0.05, 0.1) is 18.3 Å². The van der Waals surface area contributed by atoms with Crippen LogP contribution in [0.1, 0.15) is 32.8 Å². The highest BCUT2D eigenvalue weighted by atomic mass is 16.5. The molecule has 3 heteroatoms. The molecule has 0 saturated carbocycles. The van der Waals surface area contributed by atoms with Gasteiger partial charge in [0, 0.05) is 13.5 Å². The highest BCUT2D eigenvalue weighted by molar-refractivity contribution is 5.27. The molecular formula is C15H24O3. The minimum atomic E-state index is -0.306. The Hall–Kier alpha value is -1.06. The van der Waals surface area contributed by atoms with E-state index in [9.17, 15) is 5.11 Å². The van der Waals surface area contributed by atoms with Crippen LogP contribution in [0.15, 0.2) is 24.3 Å². The second kappa shape index (κ2) is 6.76. The molecule has 0 aromatic heterocycles. The third-order valence-corrected chi connectivity index (χ3v) is 2.98. The van der Waals surface area contributed by atoms with E-state index in [0.29, 0.717) is 13.0 Å². The maximum Gasteiger partial charge on any atom is 0.119 e. The summed E-state index contributed by atoms with van der Waals surface area (Å²) in [7, 11) is 1.71. The topological polar surface area (TPSA) is 38.7 Å². The van der Waals surface area contributed by atoms with Gasteiger partial charge in [0.25, 0.3) is 0 Å². The predicted molar refractivity (Wildman–Crippen MR) is 73.0 cm³/mol. The van der Waals surface area contributed by atoms with Crippen molar-refractivity contribution in [3.05, 3.63) is 29.8 Å². The van der Waals surface area contributed by atoms with Gasteiger partial charge in [-0.15, -0.1) is 0 Å². The number of ether oxygens (including phenoxy) is 2. The van der Waals surface area contributed by atoms with Crippen molar-refractivity contribution in [2.45, 2.75) is 45.3 Å². The van der Waals surface area contributed by atoms with Gasteiger partial charge in [-0.05, 0) is 44.9 Å². The fraction of sp³-hybridized carbons (Fsp3) is 0.600. The average molecular weight is 252 g/mol. The minimum Gasteiger partial charge on any atom is -0.493 e. The lowest BCUT2D eigenvalue weighted by Gasteiger charge is -2.22. The second-order valence-electron chi connectivity index (χ2n) is 5.26. The van der Waals surface area contributed by atoms with Crippen LogP contribution >= 0.6 is 0 Å². The molecule has 1 aromatic carbocycles. The van der Waals surface area contributed by atoms with Gasteiger partial charge >= 0.3 is 0 Å². The molecule has 0 radical (unpaired) electrons. The van der Waals surface area contributed by atoms with E-state index in [-0.39, 0.29) is 11.7 Å². The van der Waals surface area contributed by atoms with Crippen molar-refractivity contribution in [1.82, 2.24) is 0 Å². The normalized spacial score (nSPS) is 13.4. The molecule has 0 amide bonds. The van der Waals surface area contributed by atoms with E-state index in [1.54, 1.807) is 14.0 Å². The number of aliphatic hydroxyl groups is 1. The largest absolute Gasteiger partial charge is 0.493 e. The summed E-state index contributed by atoms with van der Waals surface area (Å²) in [4.78, 5) is 0. The maximum absolute atomic E-state index is 9.29. The van der Waals surface area contributed by atoms with Crippen LogP contribution < -0.4 is 4.74 Å². The van der Waals surface area contributed by atoms with Crippen LogP contribution in [0.25, 0.3) is 0 Å². The van der Waals surface area contributed by atoms with E-state index in [0.717, 1.165) is 17.7 Å². The van der Waals surface area contributed by atoms with Gasteiger partial charge in [0.2, 0.25) is 0 Å². The molecule has 0 spiro atoms. The van der Waals surface area contributed by atoms with Crippen molar-refractivity contribution in [3.63, 3.8) is 0 Å². The van der Waals surface area contributed by atoms with Crippen LogP contribution in [0.5, 0.6) is 5.75 Å². The second-order valence-corrected chi connectivity index (χ2v) is 5.26. The maximum atomic E-state index is 9.29. The number of hydrogen-bond acceptors (Lipinski definition) is 3. The first-order valence-electron chi connectivity index (χ1n) is 6.38. The molecule has 3 nitrogen and oxygen atoms in total. The molecule has 1 unspecified atom stereocenters. The third kappa shape index (κ3) is 5.52. The quantitative estimate of drug-likeness (QED) is 0.811. The highest BCUT2D eigenvalue weighted by Crippen LogP contribution is 2.17. The van der Waals surface area contributed by atoms with Crippen LogP contribution in [0.4, 0.5) is 0 Å². The van der Waals surface area contributed by atoms with Crippen molar-refractivity contribution in [2.75, 3.05) is 13.7 Å². The van der Waals surface area contributed by atoms with E-state index in [2.05, 4.69) is 0 Å². The molecule has 0 heterocycles. The Morgan fingerprint density at radius 1 is 1.22 bits per heavy atom. The molecule has 0 saturated heterocycles. The Morgan fingerprint density at radius 3 is 2.33 bits per heavy atom. The summed E-state index contributed by atoms with van der Waals surface area (Å²) in [5.74, 6) is 0.858. The molecule has 1 rings (SSSR count). The Kier molecular flexibility index (Phi) is 5.63. The summed E-state index contributed by atoms with van der Waals surface area (Å²) in [6.07, 6.45) is 1.22. The van der Waals surface area contributed by atoms with Gasteiger partial charge in [0.1, 0.15) is 5.75 Å². The fourth-order valence-corrected chi connectivity index (χ4v) is 1.58. The molecule has 0 aliphatic heterocycles. The van der Waals surface area contributed by atoms with E-state index in [1.807, 2.05) is 38.1 Å². The first-order valence-corrected chi connectivity index (χ1v) is 6.38. The molecule has 0 aliphatic rings. The fourth-order valence-electron chi connectivity index (χ4n) is 1.58. The number of rotatable bonds is 7. The van der Waals surface area contributed by atoms with Crippen molar-refractivity contribution < 1.29 is 14.6 Å². The van der Waals surface area contributed by atoms with E-state index in [4.69, 9.17) is 9.47 Å².